The van der Waals surface area contributed by atoms with E-state index in [0.29, 0.717) is 22.7 Å². The zero-order chi connectivity index (χ0) is 28.8. The lowest BCUT2D eigenvalue weighted by molar-refractivity contribution is -0.127. The number of amides is 3. The summed E-state index contributed by atoms with van der Waals surface area (Å²) in [4.78, 5) is 44.9. The van der Waals surface area contributed by atoms with Crippen molar-refractivity contribution < 1.29 is 19.1 Å². The first-order valence-electron chi connectivity index (χ1n) is 14.1. The van der Waals surface area contributed by atoms with Gasteiger partial charge in [-0.1, -0.05) is 49.6 Å². The van der Waals surface area contributed by atoms with Crippen molar-refractivity contribution in [3.63, 3.8) is 0 Å². The zero-order valence-corrected chi connectivity index (χ0v) is 23.5. The first kappa shape index (κ1) is 28.0. The Bertz CT molecular complexity index is 1520. The first-order valence-corrected chi connectivity index (χ1v) is 14.1. The van der Waals surface area contributed by atoms with Crippen molar-refractivity contribution >= 4 is 40.0 Å². The highest BCUT2D eigenvalue weighted by molar-refractivity contribution is 6.03. The number of carbonyl (C=O) groups is 3. The number of hydrogen-bond acceptors (Lipinski definition) is 4. The predicted molar refractivity (Wildman–Crippen MR) is 161 cm³/mol. The lowest BCUT2D eigenvalue weighted by atomic mass is 9.94. The summed E-state index contributed by atoms with van der Waals surface area (Å²) in [5.41, 5.74) is 3.60. The van der Waals surface area contributed by atoms with Gasteiger partial charge in [0.2, 0.25) is 17.7 Å². The van der Waals surface area contributed by atoms with Gasteiger partial charge in [-0.05, 0) is 66.4 Å². The summed E-state index contributed by atoms with van der Waals surface area (Å²) in [6.45, 7) is 1.44. The number of nitrogens with one attached hydrogen (secondary N) is 3. The molecule has 0 aliphatic heterocycles. The fourth-order valence-corrected chi connectivity index (χ4v) is 5.63. The Morgan fingerprint density at radius 1 is 0.976 bits per heavy atom. The van der Waals surface area contributed by atoms with Crippen LogP contribution in [0, 0.1) is 0 Å². The van der Waals surface area contributed by atoms with Crippen molar-refractivity contribution in [2.75, 3.05) is 17.3 Å². The summed E-state index contributed by atoms with van der Waals surface area (Å²) in [5, 5.41) is 6.98. The minimum atomic E-state index is -0.934. The number of ether oxygens (including phenoxy) is 1. The van der Waals surface area contributed by atoms with Crippen molar-refractivity contribution in [3.05, 3.63) is 90.1 Å². The van der Waals surface area contributed by atoms with Crippen LogP contribution in [0.2, 0.25) is 0 Å². The average molecular weight is 553 g/mol. The quantitative estimate of drug-likeness (QED) is 0.240. The molecule has 5 rings (SSSR count). The number of fused-ring (bicyclic) bond motifs is 1. The second-order valence-electron chi connectivity index (χ2n) is 10.6. The number of aromatic nitrogens is 1. The van der Waals surface area contributed by atoms with Crippen molar-refractivity contribution in [1.82, 2.24) is 10.3 Å². The number of hydrogen-bond donors (Lipinski definition) is 3. The molecule has 1 heterocycles. The van der Waals surface area contributed by atoms with Gasteiger partial charge in [-0.25, -0.2) is 0 Å². The molecule has 1 fully saturated rings. The first-order chi connectivity index (χ1) is 19.9. The summed E-state index contributed by atoms with van der Waals surface area (Å²) in [7, 11) is 1.58. The van der Waals surface area contributed by atoms with Gasteiger partial charge in [0.15, 0.2) is 0 Å². The molecular weight excluding hydrogens is 516 g/mol. The molecule has 0 unspecified atom stereocenters. The van der Waals surface area contributed by atoms with E-state index in [1.54, 1.807) is 36.3 Å². The molecule has 3 aromatic carbocycles. The molecule has 1 atom stereocenters. The Morgan fingerprint density at radius 3 is 2.46 bits per heavy atom. The van der Waals surface area contributed by atoms with Crippen LogP contribution in [-0.2, 0) is 20.8 Å². The van der Waals surface area contributed by atoms with Crippen LogP contribution in [-0.4, -0.2) is 35.9 Å². The Kier molecular flexibility index (Phi) is 8.67. The molecule has 3 amide bonds. The minimum absolute atomic E-state index is 0.0667. The highest BCUT2D eigenvalue weighted by atomic mass is 16.5. The Labute approximate surface area is 240 Å². The second-order valence-corrected chi connectivity index (χ2v) is 10.6. The molecule has 1 aliphatic rings. The number of para-hydroxylation sites is 1. The smallest absolute Gasteiger partial charge is 0.248 e. The molecule has 4 aromatic rings. The van der Waals surface area contributed by atoms with E-state index < -0.39 is 6.04 Å². The van der Waals surface area contributed by atoms with E-state index in [1.165, 1.54) is 13.3 Å². The fourth-order valence-electron chi connectivity index (χ4n) is 5.63. The van der Waals surface area contributed by atoms with Crippen LogP contribution in [0.15, 0.2) is 79.0 Å². The van der Waals surface area contributed by atoms with Gasteiger partial charge < -0.3 is 20.4 Å². The molecule has 1 aromatic heterocycles. The average Bonchev–Trinajstić information content (AvgIpc) is 3.39. The Balaban J connectivity index is 1.57. The van der Waals surface area contributed by atoms with Gasteiger partial charge >= 0.3 is 0 Å². The van der Waals surface area contributed by atoms with Crippen LogP contribution < -0.4 is 20.3 Å². The topological polar surface area (TPSA) is 104 Å². The molecule has 0 bridgehead atoms. The van der Waals surface area contributed by atoms with Crippen molar-refractivity contribution in [2.45, 2.75) is 57.5 Å². The third-order valence-corrected chi connectivity index (χ3v) is 7.62. The summed E-state index contributed by atoms with van der Waals surface area (Å²) in [6.07, 6.45) is 7.10. The van der Waals surface area contributed by atoms with Crippen LogP contribution in [0.5, 0.6) is 5.75 Å². The molecule has 0 saturated heterocycles. The highest BCUT2D eigenvalue weighted by Gasteiger charge is 2.34. The van der Waals surface area contributed by atoms with E-state index in [0.717, 1.165) is 42.1 Å². The summed E-state index contributed by atoms with van der Waals surface area (Å²) >= 11 is 0. The second kappa shape index (κ2) is 12.7. The Hall–Kier alpha value is -4.59. The molecule has 1 saturated carbocycles. The maximum atomic E-state index is 14.3. The number of nitrogens with zero attached hydrogens (tertiary/aromatic N) is 1. The molecule has 0 spiro atoms. The third-order valence-electron chi connectivity index (χ3n) is 7.62. The van der Waals surface area contributed by atoms with Crippen molar-refractivity contribution in [3.8, 4) is 5.75 Å². The van der Waals surface area contributed by atoms with Crippen LogP contribution in [0.1, 0.15) is 56.2 Å². The molecule has 0 radical (unpaired) electrons. The van der Waals surface area contributed by atoms with Gasteiger partial charge in [-0.3, -0.25) is 19.3 Å². The van der Waals surface area contributed by atoms with Crippen LogP contribution in [0.3, 0.4) is 0 Å². The maximum Gasteiger partial charge on any atom is 0.248 e. The lowest BCUT2D eigenvalue weighted by Crippen LogP contribution is -2.47. The summed E-state index contributed by atoms with van der Waals surface area (Å²) < 4.78 is 5.49. The van der Waals surface area contributed by atoms with E-state index in [9.17, 15) is 14.4 Å². The molecular formula is C33H36N4O4. The van der Waals surface area contributed by atoms with E-state index >= 15 is 0 Å². The summed E-state index contributed by atoms with van der Waals surface area (Å²) in [6, 6.07) is 21.3. The number of aromatic amines is 1. The normalized spacial score (nSPS) is 14.3. The lowest BCUT2D eigenvalue weighted by Gasteiger charge is -2.33. The fraction of sp³-hybridized carbons (Fsp3) is 0.303. The Morgan fingerprint density at radius 2 is 1.73 bits per heavy atom. The van der Waals surface area contributed by atoms with Gasteiger partial charge in [0.1, 0.15) is 11.8 Å². The number of methoxy groups -OCH3 is 1. The highest BCUT2D eigenvalue weighted by Crippen LogP contribution is 2.33. The SMILES string of the molecule is COc1cccc([C@H](C(=O)NC2CCCCC2)N(C(=O)Cc2c[nH]c3ccccc23)c2ccc(NC(C)=O)cc2)c1. The van der Waals surface area contributed by atoms with Crippen LogP contribution >= 0.6 is 0 Å². The van der Waals surface area contributed by atoms with Gasteiger partial charge in [-0.2, -0.15) is 0 Å². The van der Waals surface area contributed by atoms with E-state index in [2.05, 4.69) is 15.6 Å². The third kappa shape index (κ3) is 6.60. The maximum absolute atomic E-state index is 14.3. The molecule has 8 heteroatoms. The molecule has 1 aliphatic carbocycles. The monoisotopic (exact) mass is 552 g/mol. The molecule has 8 nitrogen and oxygen atoms in total. The number of benzene rings is 3. The molecule has 41 heavy (non-hydrogen) atoms. The van der Waals surface area contributed by atoms with Gasteiger partial charge in [0.25, 0.3) is 0 Å². The van der Waals surface area contributed by atoms with Gasteiger partial charge in [-0.15, -0.1) is 0 Å². The minimum Gasteiger partial charge on any atom is -0.497 e. The number of anilines is 2. The predicted octanol–water partition coefficient (Wildman–Crippen LogP) is 5.90. The standard InChI is InChI=1S/C33H36N4O4/c1-22(38)35-26-15-17-27(18-16-26)37(31(39)20-24-21-34-30-14-7-6-13-29(24)30)32(23-9-8-12-28(19-23)41-2)33(40)36-25-10-4-3-5-11-25/h6-9,12-19,21,25,32,34H,3-5,10-11,20H2,1-2H3,(H,35,38)(H,36,40)/t32-/m1/s1. The van der Waals surface area contributed by atoms with Crippen molar-refractivity contribution in [1.29, 1.82) is 0 Å². The van der Waals surface area contributed by atoms with E-state index in [-0.39, 0.29) is 30.2 Å². The van der Waals surface area contributed by atoms with Crippen LogP contribution in [0.25, 0.3) is 10.9 Å². The molecule has 3 N–H and O–H groups in total. The number of H-pyrrole nitrogens is 1. The van der Waals surface area contributed by atoms with Crippen LogP contribution in [0.4, 0.5) is 11.4 Å². The van der Waals surface area contributed by atoms with E-state index in [4.69, 9.17) is 4.74 Å². The zero-order valence-electron chi connectivity index (χ0n) is 23.5. The molecule has 212 valence electrons. The van der Waals surface area contributed by atoms with Gasteiger partial charge in [0.05, 0.1) is 13.5 Å². The van der Waals surface area contributed by atoms with E-state index in [1.807, 2.05) is 54.7 Å². The summed E-state index contributed by atoms with van der Waals surface area (Å²) in [5.74, 6) is -0.0499. The van der Waals surface area contributed by atoms with Crippen molar-refractivity contribution in [2.24, 2.45) is 0 Å². The number of carbonyl (C=O) groups excluding carboxylic acids is 3. The largest absolute Gasteiger partial charge is 0.497 e. The number of rotatable bonds is 9. The van der Waals surface area contributed by atoms with Gasteiger partial charge in [0, 0.05) is 41.4 Å².